The van der Waals surface area contributed by atoms with Crippen molar-refractivity contribution in [1.82, 2.24) is 14.9 Å². The van der Waals surface area contributed by atoms with Gasteiger partial charge in [0.1, 0.15) is 6.04 Å². The van der Waals surface area contributed by atoms with Gasteiger partial charge in [-0.15, -0.1) is 0 Å². The van der Waals surface area contributed by atoms with E-state index in [4.69, 9.17) is 0 Å². The quantitative estimate of drug-likeness (QED) is 0.588. The van der Waals surface area contributed by atoms with Crippen LogP contribution >= 0.6 is 0 Å². The summed E-state index contributed by atoms with van der Waals surface area (Å²) in [7, 11) is 3.45. The Kier molecular flexibility index (Phi) is 2.75. The van der Waals surface area contributed by atoms with E-state index >= 15 is 0 Å². The summed E-state index contributed by atoms with van der Waals surface area (Å²) < 4.78 is 0. The highest BCUT2D eigenvalue weighted by atomic mass is 16.2. The summed E-state index contributed by atoms with van der Waals surface area (Å²) in [5.74, 6) is -0.145. The maximum Gasteiger partial charge on any atom is 0.261 e. The minimum absolute atomic E-state index is 0.0631. The topological polar surface area (TPSA) is 43.9 Å². The zero-order valence-corrected chi connectivity index (χ0v) is 9.27. The highest BCUT2D eigenvalue weighted by Gasteiger charge is 2.43. The molecule has 84 valence electrons. The monoisotopic (exact) mass is 211 g/mol. The highest BCUT2D eigenvalue weighted by Crippen LogP contribution is 2.22. The molecular weight excluding hydrogens is 194 g/mol. The van der Waals surface area contributed by atoms with Crippen molar-refractivity contribution >= 4 is 11.8 Å². The predicted molar refractivity (Wildman–Crippen MR) is 54.8 cm³/mol. The molecule has 0 unspecified atom stereocenters. The summed E-state index contributed by atoms with van der Waals surface area (Å²) in [5, 5.41) is 2.82. The first-order chi connectivity index (χ1) is 7.11. The third kappa shape index (κ3) is 1.77. The molecule has 0 spiro atoms. The number of hydrogen-bond donors (Lipinski definition) is 0. The fraction of sp³-hybridized carbons (Fsp3) is 0.800. The van der Waals surface area contributed by atoms with Gasteiger partial charge >= 0.3 is 0 Å². The van der Waals surface area contributed by atoms with E-state index in [1.54, 1.807) is 19.1 Å². The molecule has 1 atom stereocenters. The number of hydrogen-bond acceptors (Lipinski definition) is 4. The maximum atomic E-state index is 12.0. The SMILES string of the molecule is CN(C)N1C(=O)C[C@H](N2CCCC2)C1=O. The predicted octanol–water partition coefficient (Wildman–Crippen LogP) is -0.314. The lowest BCUT2D eigenvalue weighted by atomic mass is 10.2. The Morgan fingerprint density at radius 3 is 2.27 bits per heavy atom. The molecule has 2 aliphatic heterocycles. The van der Waals surface area contributed by atoms with Crippen LogP contribution < -0.4 is 0 Å². The minimum Gasteiger partial charge on any atom is -0.291 e. The molecule has 0 bridgehead atoms. The summed E-state index contributed by atoms with van der Waals surface area (Å²) in [4.78, 5) is 25.7. The van der Waals surface area contributed by atoms with Crippen molar-refractivity contribution in [2.45, 2.75) is 25.3 Å². The molecule has 0 N–H and O–H groups in total. The van der Waals surface area contributed by atoms with Gasteiger partial charge in [0.2, 0.25) is 5.91 Å². The fourth-order valence-electron chi connectivity index (χ4n) is 2.36. The van der Waals surface area contributed by atoms with Crippen LogP contribution in [0.2, 0.25) is 0 Å². The van der Waals surface area contributed by atoms with E-state index in [9.17, 15) is 9.59 Å². The Morgan fingerprint density at radius 1 is 1.20 bits per heavy atom. The van der Waals surface area contributed by atoms with Crippen molar-refractivity contribution in [2.75, 3.05) is 27.2 Å². The number of amides is 2. The normalized spacial score (nSPS) is 28.5. The van der Waals surface area contributed by atoms with Crippen LogP contribution in [-0.4, -0.2) is 60.0 Å². The van der Waals surface area contributed by atoms with Crippen LogP contribution in [-0.2, 0) is 9.59 Å². The molecule has 2 aliphatic rings. The average molecular weight is 211 g/mol. The molecule has 0 aliphatic carbocycles. The molecule has 2 fully saturated rings. The molecule has 0 radical (unpaired) electrons. The van der Waals surface area contributed by atoms with E-state index in [1.807, 2.05) is 0 Å². The molecule has 0 aromatic carbocycles. The Balaban J connectivity index is 2.10. The van der Waals surface area contributed by atoms with E-state index < -0.39 is 0 Å². The van der Waals surface area contributed by atoms with Crippen LogP contribution in [0, 0.1) is 0 Å². The molecule has 0 aromatic heterocycles. The van der Waals surface area contributed by atoms with Crippen molar-refractivity contribution in [3.63, 3.8) is 0 Å². The Bertz CT molecular complexity index is 284. The second-order valence-electron chi connectivity index (χ2n) is 4.35. The molecule has 2 rings (SSSR count). The molecule has 2 amide bonds. The molecule has 15 heavy (non-hydrogen) atoms. The standard InChI is InChI=1S/C10H17N3O2/c1-11(2)13-9(14)7-8(10(13)15)12-5-3-4-6-12/h8H,3-7H2,1-2H3/t8-/m0/s1. The highest BCUT2D eigenvalue weighted by molar-refractivity contribution is 6.04. The first-order valence-corrected chi connectivity index (χ1v) is 5.39. The Labute approximate surface area is 89.6 Å². The van der Waals surface area contributed by atoms with Crippen molar-refractivity contribution in [2.24, 2.45) is 0 Å². The number of hydrazine groups is 1. The number of imide groups is 1. The number of nitrogens with zero attached hydrogens (tertiary/aromatic N) is 3. The van der Waals surface area contributed by atoms with Gasteiger partial charge in [-0.3, -0.25) is 14.5 Å². The van der Waals surface area contributed by atoms with E-state index in [2.05, 4.69) is 4.90 Å². The lowest BCUT2D eigenvalue weighted by Gasteiger charge is -2.24. The van der Waals surface area contributed by atoms with Gasteiger partial charge in [0.15, 0.2) is 0 Å². The molecule has 0 saturated carbocycles. The average Bonchev–Trinajstić information content (AvgIpc) is 2.72. The molecule has 2 saturated heterocycles. The van der Waals surface area contributed by atoms with Crippen molar-refractivity contribution < 1.29 is 9.59 Å². The number of carbonyl (C=O) groups is 2. The molecule has 5 heteroatoms. The van der Waals surface area contributed by atoms with Gasteiger partial charge in [-0.1, -0.05) is 0 Å². The van der Waals surface area contributed by atoms with Crippen LogP contribution in [0.1, 0.15) is 19.3 Å². The zero-order valence-electron chi connectivity index (χ0n) is 9.27. The third-order valence-electron chi connectivity index (χ3n) is 3.08. The van der Waals surface area contributed by atoms with E-state index in [0.29, 0.717) is 6.42 Å². The van der Waals surface area contributed by atoms with Crippen molar-refractivity contribution in [3.05, 3.63) is 0 Å². The first-order valence-electron chi connectivity index (χ1n) is 5.39. The molecule has 0 aromatic rings. The molecule has 2 heterocycles. The summed E-state index contributed by atoms with van der Waals surface area (Å²) in [5.41, 5.74) is 0. The Hall–Kier alpha value is -0.940. The van der Waals surface area contributed by atoms with E-state index in [-0.39, 0.29) is 17.9 Å². The van der Waals surface area contributed by atoms with E-state index in [1.165, 1.54) is 5.01 Å². The largest absolute Gasteiger partial charge is 0.291 e. The summed E-state index contributed by atoms with van der Waals surface area (Å²) in [6.45, 7) is 1.90. The lowest BCUT2D eigenvalue weighted by molar-refractivity contribution is -0.154. The molecular formula is C10H17N3O2. The summed E-state index contributed by atoms with van der Waals surface area (Å²) in [6.07, 6.45) is 2.62. The van der Waals surface area contributed by atoms with Crippen LogP contribution in [0.4, 0.5) is 0 Å². The third-order valence-corrected chi connectivity index (χ3v) is 3.08. The summed E-state index contributed by atoms with van der Waals surface area (Å²) in [6, 6.07) is -0.206. The number of rotatable bonds is 2. The maximum absolute atomic E-state index is 12.0. The smallest absolute Gasteiger partial charge is 0.261 e. The van der Waals surface area contributed by atoms with Crippen LogP contribution in [0.5, 0.6) is 0 Å². The van der Waals surface area contributed by atoms with E-state index in [0.717, 1.165) is 25.9 Å². The second kappa shape index (κ2) is 3.90. The van der Waals surface area contributed by atoms with Crippen LogP contribution in [0.3, 0.4) is 0 Å². The first kappa shape index (κ1) is 10.6. The fourth-order valence-corrected chi connectivity index (χ4v) is 2.36. The second-order valence-corrected chi connectivity index (χ2v) is 4.35. The Morgan fingerprint density at radius 2 is 1.80 bits per heavy atom. The zero-order chi connectivity index (χ0) is 11.0. The van der Waals surface area contributed by atoms with Gasteiger partial charge in [0.25, 0.3) is 5.91 Å². The van der Waals surface area contributed by atoms with Gasteiger partial charge < -0.3 is 0 Å². The lowest BCUT2D eigenvalue weighted by Crippen LogP contribution is -2.45. The van der Waals surface area contributed by atoms with Gasteiger partial charge in [0.05, 0.1) is 6.42 Å². The van der Waals surface area contributed by atoms with Crippen molar-refractivity contribution in [1.29, 1.82) is 0 Å². The summed E-state index contributed by atoms with van der Waals surface area (Å²) >= 11 is 0. The number of carbonyl (C=O) groups excluding carboxylic acids is 2. The van der Waals surface area contributed by atoms with Gasteiger partial charge in [0, 0.05) is 14.1 Å². The van der Waals surface area contributed by atoms with Gasteiger partial charge in [-0.25, -0.2) is 10.0 Å². The van der Waals surface area contributed by atoms with Gasteiger partial charge in [-0.05, 0) is 25.9 Å². The minimum atomic E-state index is -0.206. The number of likely N-dealkylation sites (tertiary alicyclic amines) is 1. The van der Waals surface area contributed by atoms with Crippen LogP contribution in [0.15, 0.2) is 0 Å². The van der Waals surface area contributed by atoms with Gasteiger partial charge in [-0.2, -0.15) is 0 Å². The van der Waals surface area contributed by atoms with Crippen molar-refractivity contribution in [3.8, 4) is 0 Å². The van der Waals surface area contributed by atoms with Crippen LogP contribution in [0.25, 0.3) is 0 Å². The molecule has 5 nitrogen and oxygen atoms in total.